The fourth-order valence-electron chi connectivity index (χ4n) is 2.54. The molecule has 3 aromatic rings. The molecule has 3 rings (SSSR count). The van der Waals surface area contributed by atoms with E-state index in [9.17, 15) is 14.7 Å². The Labute approximate surface area is 156 Å². The summed E-state index contributed by atoms with van der Waals surface area (Å²) in [5.41, 5.74) is 1.73. The highest BCUT2D eigenvalue weighted by Crippen LogP contribution is 2.23. The molecule has 1 aromatic carbocycles. The van der Waals surface area contributed by atoms with E-state index in [0.29, 0.717) is 33.0 Å². The van der Waals surface area contributed by atoms with Crippen LogP contribution >= 0.6 is 27.5 Å². The third kappa shape index (κ3) is 3.38. The molecule has 2 N–H and O–H groups in total. The molecule has 0 saturated heterocycles. The maximum absolute atomic E-state index is 12.8. The van der Waals surface area contributed by atoms with Crippen molar-refractivity contribution >= 4 is 50.7 Å². The van der Waals surface area contributed by atoms with Crippen LogP contribution < -0.4 is 5.32 Å². The van der Waals surface area contributed by atoms with Gasteiger partial charge in [0.25, 0.3) is 5.91 Å². The summed E-state index contributed by atoms with van der Waals surface area (Å²) in [6.45, 7) is 1.89. The lowest BCUT2D eigenvalue weighted by molar-refractivity contribution is 0.0698. The highest BCUT2D eigenvalue weighted by atomic mass is 79.9. The zero-order valence-electron chi connectivity index (χ0n) is 13.1. The van der Waals surface area contributed by atoms with E-state index in [0.717, 1.165) is 0 Å². The van der Waals surface area contributed by atoms with Crippen LogP contribution in [0.5, 0.6) is 0 Å². The molecule has 25 heavy (non-hydrogen) atoms. The second kappa shape index (κ2) is 6.85. The molecular weight excluding hydrogens is 410 g/mol. The Morgan fingerprint density at radius 1 is 1.32 bits per heavy atom. The van der Waals surface area contributed by atoms with Crippen molar-refractivity contribution in [2.24, 2.45) is 0 Å². The number of aromatic nitrogens is 2. The third-order valence-corrected chi connectivity index (χ3v) is 4.40. The summed E-state index contributed by atoms with van der Waals surface area (Å²) in [5.74, 6) is -1.56. The van der Waals surface area contributed by atoms with Crippen molar-refractivity contribution in [2.45, 2.75) is 13.3 Å². The highest BCUT2D eigenvalue weighted by molar-refractivity contribution is 9.10. The van der Waals surface area contributed by atoms with Crippen molar-refractivity contribution in [3.8, 4) is 0 Å². The lowest BCUT2D eigenvalue weighted by Gasteiger charge is -2.10. The Morgan fingerprint density at radius 3 is 2.76 bits per heavy atom. The Morgan fingerprint density at radius 2 is 2.08 bits per heavy atom. The average molecular weight is 423 g/mol. The molecular formula is C17H13BrClN3O3. The molecule has 0 aliphatic heterocycles. The maximum Gasteiger partial charge on any atom is 0.337 e. The molecule has 6 nitrogen and oxygen atoms in total. The van der Waals surface area contributed by atoms with E-state index in [2.05, 4.69) is 26.2 Å². The predicted octanol–water partition coefficient (Wildman–Crippen LogP) is 4.26. The van der Waals surface area contributed by atoms with Crippen LogP contribution in [-0.2, 0) is 6.42 Å². The molecule has 0 spiro atoms. The average Bonchev–Trinajstić information content (AvgIpc) is 2.93. The van der Waals surface area contributed by atoms with E-state index < -0.39 is 11.9 Å². The second-order valence-electron chi connectivity index (χ2n) is 5.28. The van der Waals surface area contributed by atoms with Gasteiger partial charge < -0.3 is 10.4 Å². The number of fused-ring (bicyclic) bond motifs is 1. The highest BCUT2D eigenvalue weighted by Gasteiger charge is 2.20. The fraction of sp³-hybridized carbons (Fsp3) is 0.118. The van der Waals surface area contributed by atoms with Crippen molar-refractivity contribution in [1.29, 1.82) is 0 Å². The van der Waals surface area contributed by atoms with E-state index in [1.165, 1.54) is 12.1 Å². The predicted molar refractivity (Wildman–Crippen MR) is 98.6 cm³/mol. The maximum atomic E-state index is 12.8. The number of hydrogen-bond acceptors (Lipinski definition) is 3. The van der Waals surface area contributed by atoms with Crippen molar-refractivity contribution < 1.29 is 14.7 Å². The van der Waals surface area contributed by atoms with Crippen LogP contribution in [-0.4, -0.2) is 26.4 Å². The number of carboxylic acids is 1. The zero-order valence-corrected chi connectivity index (χ0v) is 15.4. The van der Waals surface area contributed by atoms with Gasteiger partial charge >= 0.3 is 5.97 Å². The van der Waals surface area contributed by atoms with Crippen LogP contribution in [0.25, 0.3) is 5.65 Å². The molecule has 8 heteroatoms. The normalized spacial score (nSPS) is 10.8. The van der Waals surface area contributed by atoms with E-state index in [1.54, 1.807) is 28.8 Å². The number of amides is 1. The summed E-state index contributed by atoms with van der Waals surface area (Å²) in [5, 5.41) is 12.5. The van der Waals surface area contributed by atoms with E-state index >= 15 is 0 Å². The molecule has 2 heterocycles. The first-order valence-electron chi connectivity index (χ1n) is 7.41. The van der Waals surface area contributed by atoms with E-state index in [1.807, 2.05) is 6.92 Å². The number of nitrogens with one attached hydrogen (secondary N) is 1. The summed E-state index contributed by atoms with van der Waals surface area (Å²) in [6.07, 6.45) is 2.21. The minimum Gasteiger partial charge on any atom is -0.478 e. The first-order chi connectivity index (χ1) is 11.9. The van der Waals surface area contributed by atoms with Crippen LogP contribution in [0.1, 0.15) is 33.5 Å². The number of benzene rings is 1. The molecule has 128 valence electrons. The number of imidazole rings is 1. The summed E-state index contributed by atoms with van der Waals surface area (Å²) in [6, 6.07) is 7.97. The van der Waals surface area contributed by atoms with E-state index in [4.69, 9.17) is 11.6 Å². The molecule has 0 atom stereocenters. The molecule has 0 radical (unpaired) electrons. The molecule has 0 fully saturated rings. The van der Waals surface area contributed by atoms with Gasteiger partial charge in [-0.1, -0.05) is 34.5 Å². The Kier molecular flexibility index (Phi) is 4.78. The second-order valence-corrected chi connectivity index (χ2v) is 6.64. The number of aryl methyl sites for hydroxylation is 1. The summed E-state index contributed by atoms with van der Waals surface area (Å²) >= 11 is 9.21. The SMILES string of the molecule is CCc1nc2cc(Cl)ccn2c1C(=O)Nc1ccc(Br)cc1C(=O)O. The van der Waals surface area contributed by atoms with Gasteiger partial charge in [-0.15, -0.1) is 0 Å². The lowest BCUT2D eigenvalue weighted by Crippen LogP contribution is -2.18. The minimum atomic E-state index is -1.13. The van der Waals surface area contributed by atoms with Crippen molar-refractivity contribution in [2.75, 3.05) is 5.32 Å². The van der Waals surface area contributed by atoms with Gasteiger partial charge in [-0.2, -0.15) is 0 Å². The fourth-order valence-corrected chi connectivity index (χ4v) is 3.05. The number of anilines is 1. The van der Waals surface area contributed by atoms with Crippen molar-refractivity contribution in [3.05, 3.63) is 63.0 Å². The van der Waals surface area contributed by atoms with Crippen LogP contribution in [0.4, 0.5) is 5.69 Å². The number of carbonyl (C=O) groups is 2. The Bertz CT molecular complexity index is 1000. The molecule has 1 amide bonds. The molecule has 0 unspecified atom stereocenters. The molecule has 0 aliphatic rings. The first kappa shape index (κ1) is 17.4. The summed E-state index contributed by atoms with van der Waals surface area (Å²) in [4.78, 5) is 28.6. The quantitative estimate of drug-likeness (QED) is 0.658. The number of hydrogen-bond donors (Lipinski definition) is 2. The van der Waals surface area contributed by atoms with Crippen molar-refractivity contribution in [3.63, 3.8) is 0 Å². The molecule has 2 aromatic heterocycles. The van der Waals surface area contributed by atoms with Gasteiger partial charge in [0, 0.05) is 21.8 Å². The van der Waals surface area contributed by atoms with Crippen LogP contribution in [0, 0.1) is 0 Å². The van der Waals surface area contributed by atoms with Crippen LogP contribution in [0.15, 0.2) is 41.0 Å². The zero-order chi connectivity index (χ0) is 18.1. The van der Waals surface area contributed by atoms with Crippen LogP contribution in [0.3, 0.4) is 0 Å². The summed E-state index contributed by atoms with van der Waals surface area (Å²) < 4.78 is 2.25. The number of nitrogens with zero attached hydrogens (tertiary/aromatic N) is 2. The van der Waals surface area contributed by atoms with Gasteiger partial charge in [0.2, 0.25) is 0 Å². The largest absolute Gasteiger partial charge is 0.478 e. The molecule has 0 bridgehead atoms. The number of aromatic carboxylic acids is 1. The van der Waals surface area contributed by atoms with Gasteiger partial charge in [0.05, 0.1) is 16.9 Å². The lowest BCUT2D eigenvalue weighted by atomic mass is 10.1. The smallest absolute Gasteiger partial charge is 0.337 e. The number of carbonyl (C=O) groups excluding carboxylic acids is 1. The van der Waals surface area contributed by atoms with Gasteiger partial charge in [-0.05, 0) is 30.7 Å². The van der Waals surface area contributed by atoms with Crippen molar-refractivity contribution in [1.82, 2.24) is 9.38 Å². The van der Waals surface area contributed by atoms with Gasteiger partial charge in [0.15, 0.2) is 0 Å². The minimum absolute atomic E-state index is 0.00219. The number of carboxylic acid groups (broad SMARTS) is 1. The standard InChI is InChI=1S/C17H13BrClN3O3/c1-2-12-15(22-6-5-10(19)8-14(22)20-12)16(23)21-13-4-3-9(18)7-11(13)17(24)25/h3-8H,2H2,1H3,(H,21,23)(H,24,25). The Balaban J connectivity index is 2.05. The monoisotopic (exact) mass is 421 g/mol. The molecule has 0 saturated carbocycles. The Hall–Kier alpha value is -2.38. The van der Waals surface area contributed by atoms with Gasteiger partial charge in [0.1, 0.15) is 11.3 Å². The van der Waals surface area contributed by atoms with Gasteiger partial charge in [-0.25, -0.2) is 9.78 Å². The number of halogens is 2. The number of rotatable bonds is 4. The van der Waals surface area contributed by atoms with Crippen LogP contribution in [0.2, 0.25) is 5.02 Å². The topological polar surface area (TPSA) is 83.7 Å². The first-order valence-corrected chi connectivity index (χ1v) is 8.58. The third-order valence-electron chi connectivity index (χ3n) is 3.67. The number of pyridine rings is 1. The van der Waals surface area contributed by atoms with Gasteiger partial charge in [-0.3, -0.25) is 9.20 Å². The molecule has 0 aliphatic carbocycles. The van der Waals surface area contributed by atoms with E-state index in [-0.39, 0.29) is 11.3 Å². The summed E-state index contributed by atoms with van der Waals surface area (Å²) in [7, 11) is 0.